The molecule has 0 radical (unpaired) electrons. The van der Waals surface area contributed by atoms with Gasteiger partial charge in [0.25, 0.3) is 5.91 Å². The molecule has 1 aliphatic rings. The Hall–Kier alpha value is -3.47. The molecule has 0 bridgehead atoms. The zero-order chi connectivity index (χ0) is 26.1. The molecule has 0 fully saturated rings. The molecule has 2 aromatic heterocycles. The summed E-state index contributed by atoms with van der Waals surface area (Å²) in [4.78, 5) is 27.1. The van der Waals surface area contributed by atoms with Crippen LogP contribution in [0.5, 0.6) is 0 Å². The number of rotatable bonds is 10. The molecule has 1 aliphatic heterocycles. The van der Waals surface area contributed by atoms with Crippen molar-refractivity contribution in [2.24, 2.45) is 0 Å². The fourth-order valence-electron chi connectivity index (χ4n) is 5.59. The van der Waals surface area contributed by atoms with E-state index in [9.17, 15) is 14.0 Å². The highest BCUT2D eigenvalue weighted by Gasteiger charge is 2.34. The molecule has 192 valence electrons. The van der Waals surface area contributed by atoms with E-state index in [2.05, 4.69) is 31.4 Å². The first kappa shape index (κ1) is 25.2. The maximum Gasteiger partial charge on any atom is 0.268 e. The van der Waals surface area contributed by atoms with Crippen LogP contribution in [-0.2, 0) is 13.0 Å². The number of fused-ring (bicyclic) bond motifs is 4. The second-order valence-electron chi connectivity index (χ2n) is 10.4. The number of aryl methyl sites for hydroxylation is 1. The van der Waals surface area contributed by atoms with Crippen LogP contribution in [-0.4, -0.2) is 15.0 Å². The number of pyridine rings is 1. The highest BCUT2D eigenvalue weighted by atomic mass is 19.1. The van der Waals surface area contributed by atoms with E-state index in [-0.39, 0.29) is 22.7 Å². The normalized spacial score (nSPS) is 13.2. The van der Waals surface area contributed by atoms with Gasteiger partial charge in [0.05, 0.1) is 16.9 Å². The third-order valence-corrected chi connectivity index (χ3v) is 7.75. The highest BCUT2D eigenvalue weighted by molar-refractivity contribution is 6.10. The van der Waals surface area contributed by atoms with Crippen molar-refractivity contribution in [2.45, 2.75) is 78.2 Å². The quantitative estimate of drug-likeness (QED) is 0.185. The molecular formula is C32H35FN2O2. The van der Waals surface area contributed by atoms with Gasteiger partial charge in [-0.1, -0.05) is 70.7 Å². The Bertz CT molecular complexity index is 1530. The van der Waals surface area contributed by atoms with Crippen LogP contribution < -0.4 is 5.43 Å². The average Bonchev–Trinajstić information content (AvgIpc) is 3.45. The molecule has 1 atom stereocenters. The van der Waals surface area contributed by atoms with E-state index in [0.29, 0.717) is 30.0 Å². The van der Waals surface area contributed by atoms with Crippen molar-refractivity contribution in [3.8, 4) is 11.4 Å². The summed E-state index contributed by atoms with van der Waals surface area (Å²) in [6, 6.07) is 14.8. The third-order valence-electron chi connectivity index (χ3n) is 7.75. The van der Waals surface area contributed by atoms with Gasteiger partial charge >= 0.3 is 0 Å². The van der Waals surface area contributed by atoms with Crippen molar-refractivity contribution >= 4 is 16.8 Å². The van der Waals surface area contributed by atoms with Crippen LogP contribution in [0.25, 0.3) is 22.3 Å². The van der Waals surface area contributed by atoms with Gasteiger partial charge in [0.15, 0.2) is 0 Å². The van der Waals surface area contributed by atoms with Crippen LogP contribution in [0.15, 0.2) is 59.5 Å². The molecule has 0 saturated carbocycles. The summed E-state index contributed by atoms with van der Waals surface area (Å²) in [6.45, 7) is 6.96. The van der Waals surface area contributed by atoms with Gasteiger partial charge < -0.3 is 4.57 Å². The van der Waals surface area contributed by atoms with Crippen LogP contribution in [0.4, 0.5) is 4.39 Å². The molecule has 3 heterocycles. The lowest BCUT2D eigenvalue weighted by atomic mass is 9.97. The molecule has 0 aliphatic carbocycles. The van der Waals surface area contributed by atoms with E-state index in [1.807, 2.05) is 36.5 Å². The number of para-hydroxylation sites is 1. The molecule has 37 heavy (non-hydrogen) atoms. The number of nitrogens with zero attached hydrogens (tertiary/aromatic N) is 2. The summed E-state index contributed by atoms with van der Waals surface area (Å²) < 4.78 is 18.3. The molecule has 0 saturated heterocycles. The summed E-state index contributed by atoms with van der Waals surface area (Å²) in [5.74, 6) is -0.106. The Labute approximate surface area is 217 Å². The molecule has 0 amide bonds. The van der Waals surface area contributed by atoms with Crippen molar-refractivity contribution in [1.82, 2.24) is 9.13 Å². The Kier molecular flexibility index (Phi) is 7.14. The first-order valence-corrected chi connectivity index (χ1v) is 13.6. The zero-order valence-corrected chi connectivity index (χ0v) is 22.0. The molecule has 4 aromatic rings. The van der Waals surface area contributed by atoms with Gasteiger partial charge in [0.1, 0.15) is 11.4 Å². The van der Waals surface area contributed by atoms with Crippen LogP contribution in [0.1, 0.15) is 92.3 Å². The largest absolute Gasteiger partial charge is 0.334 e. The lowest BCUT2D eigenvalue weighted by Crippen LogP contribution is -2.20. The fourth-order valence-corrected chi connectivity index (χ4v) is 5.59. The monoisotopic (exact) mass is 498 g/mol. The number of benzene rings is 2. The number of unbranched alkanes of at least 4 members (excludes halogenated alkanes) is 3. The molecule has 0 spiro atoms. The van der Waals surface area contributed by atoms with Gasteiger partial charge in [0.2, 0.25) is 5.43 Å². The standard InChI is InChI=1S/C32H35FN2O2/c1-4-6-8-12-23-17-22(15-16-26(23)33)19-34-27-14-10-9-13-25(27)31(36)29-30(34)28-18-24(20-35(28)32(29)37)21(3)11-7-5-2/h9-10,13-18,20-21H,4-8,11-12,19H2,1-3H3. The SMILES string of the molecule is CCCCCc1cc(Cn2c3c(c(=O)c4ccccc42)C(=O)n2cc(C(C)CCCC)cc2-3)ccc1F. The van der Waals surface area contributed by atoms with Crippen molar-refractivity contribution in [2.75, 3.05) is 0 Å². The summed E-state index contributed by atoms with van der Waals surface area (Å²) >= 11 is 0. The molecule has 4 nitrogen and oxygen atoms in total. The van der Waals surface area contributed by atoms with Crippen molar-refractivity contribution < 1.29 is 9.18 Å². The van der Waals surface area contributed by atoms with Gasteiger partial charge in [-0.2, -0.15) is 0 Å². The van der Waals surface area contributed by atoms with E-state index in [1.54, 1.807) is 16.7 Å². The van der Waals surface area contributed by atoms with E-state index in [1.165, 1.54) is 0 Å². The van der Waals surface area contributed by atoms with Crippen LogP contribution in [0.3, 0.4) is 0 Å². The van der Waals surface area contributed by atoms with Crippen LogP contribution >= 0.6 is 0 Å². The number of aromatic nitrogens is 2. The van der Waals surface area contributed by atoms with Crippen molar-refractivity contribution in [1.29, 1.82) is 0 Å². The zero-order valence-electron chi connectivity index (χ0n) is 22.0. The maximum atomic E-state index is 14.6. The van der Waals surface area contributed by atoms with Gasteiger partial charge in [-0.3, -0.25) is 14.2 Å². The fraction of sp³-hybridized carbons (Fsp3) is 0.375. The number of carbonyl (C=O) groups is 1. The molecular weight excluding hydrogens is 463 g/mol. The Morgan fingerprint density at radius 2 is 1.73 bits per heavy atom. The molecule has 0 N–H and O–H groups in total. The summed E-state index contributed by atoms with van der Waals surface area (Å²) in [5.41, 5.74) is 5.02. The van der Waals surface area contributed by atoms with E-state index in [0.717, 1.165) is 66.4 Å². The van der Waals surface area contributed by atoms with E-state index < -0.39 is 0 Å². The van der Waals surface area contributed by atoms with Crippen LogP contribution in [0, 0.1) is 5.82 Å². The summed E-state index contributed by atoms with van der Waals surface area (Å²) in [7, 11) is 0. The molecule has 1 unspecified atom stereocenters. The predicted molar refractivity (Wildman–Crippen MR) is 148 cm³/mol. The second kappa shape index (κ2) is 10.5. The minimum atomic E-state index is -0.261. The Morgan fingerprint density at radius 3 is 2.51 bits per heavy atom. The second-order valence-corrected chi connectivity index (χ2v) is 10.4. The molecule has 5 rings (SSSR count). The third kappa shape index (κ3) is 4.56. The number of hydrogen-bond donors (Lipinski definition) is 0. The predicted octanol–water partition coefficient (Wildman–Crippen LogP) is 7.69. The lowest BCUT2D eigenvalue weighted by molar-refractivity contribution is 0.0968. The van der Waals surface area contributed by atoms with Crippen molar-refractivity contribution in [3.05, 3.63) is 93.0 Å². The first-order valence-electron chi connectivity index (χ1n) is 13.6. The molecule has 2 aromatic carbocycles. The molecule has 5 heteroatoms. The summed E-state index contributed by atoms with van der Waals surface area (Å²) in [5, 5.41) is 0.530. The minimum Gasteiger partial charge on any atom is -0.334 e. The summed E-state index contributed by atoms with van der Waals surface area (Å²) in [6.07, 6.45) is 9.04. The van der Waals surface area contributed by atoms with Crippen LogP contribution in [0.2, 0.25) is 0 Å². The van der Waals surface area contributed by atoms with Gasteiger partial charge in [-0.05, 0) is 66.1 Å². The number of hydrogen-bond acceptors (Lipinski definition) is 2. The lowest BCUT2D eigenvalue weighted by Gasteiger charge is -2.17. The Morgan fingerprint density at radius 1 is 0.946 bits per heavy atom. The smallest absolute Gasteiger partial charge is 0.268 e. The topological polar surface area (TPSA) is 44.0 Å². The van der Waals surface area contributed by atoms with E-state index >= 15 is 0 Å². The van der Waals surface area contributed by atoms with Crippen molar-refractivity contribution in [3.63, 3.8) is 0 Å². The first-order chi connectivity index (χ1) is 17.9. The van der Waals surface area contributed by atoms with Gasteiger partial charge in [0, 0.05) is 18.1 Å². The minimum absolute atomic E-state index is 0.176. The Balaban J connectivity index is 1.65. The van der Waals surface area contributed by atoms with Gasteiger partial charge in [-0.15, -0.1) is 0 Å². The highest BCUT2D eigenvalue weighted by Crippen LogP contribution is 2.37. The maximum absolute atomic E-state index is 14.6. The average molecular weight is 499 g/mol. The number of carbonyl (C=O) groups excluding carboxylic acids is 1. The van der Waals surface area contributed by atoms with Gasteiger partial charge in [-0.25, -0.2) is 4.39 Å². The van der Waals surface area contributed by atoms with E-state index in [4.69, 9.17) is 0 Å². The number of halogens is 1.